The molecule has 0 saturated heterocycles. The summed E-state index contributed by atoms with van der Waals surface area (Å²) >= 11 is 0. The summed E-state index contributed by atoms with van der Waals surface area (Å²) in [5.41, 5.74) is 1.96. The second-order valence-corrected chi connectivity index (χ2v) is 3.85. The van der Waals surface area contributed by atoms with Gasteiger partial charge in [-0.1, -0.05) is 18.2 Å². The smallest absolute Gasteiger partial charge is 0.307 e. The van der Waals surface area contributed by atoms with Gasteiger partial charge in [0.25, 0.3) is 0 Å². The van der Waals surface area contributed by atoms with Crippen molar-refractivity contribution in [2.24, 2.45) is 0 Å². The van der Waals surface area contributed by atoms with Gasteiger partial charge in [0.15, 0.2) is 0 Å². The molecule has 2 N–H and O–H groups in total. The van der Waals surface area contributed by atoms with Crippen LogP contribution < -0.4 is 0 Å². The monoisotopic (exact) mass is 247 g/mol. The fourth-order valence-electron chi connectivity index (χ4n) is 1.82. The third kappa shape index (κ3) is 3.91. The maximum absolute atomic E-state index is 10.7. The van der Waals surface area contributed by atoms with Crippen LogP contribution in [0.25, 0.3) is 0 Å². The van der Waals surface area contributed by atoms with Crippen LogP contribution >= 0.6 is 0 Å². The van der Waals surface area contributed by atoms with Crippen molar-refractivity contribution in [2.75, 3.05) is 0 Å². The molecule has 94 valence electrons. The van der Waals surface area contributed by atoms with E-state index in [1.165, 1.54) is 0 Å². The molecule has 1 rings (SSSR count). The lowest BCUT2D eigenvalue weighted by Crippen LogP contribution is -2.08. The molecule has 1 aromatic carbocycles. The summed E-state index contributed by atoms with van der Waals surface area (Å²) in [4.78, 5) is 21.3. The number of nitriles is 1. The number of carboxylic acids is 2. The number of hydrogen-bond acceptors (Lipinski definition) is 3. The first-order chi connectivity index (χ1) is 8.54. The Hall–Kier alpha value is -2.35. The lowest BCUT2D eigenvalue weighted by molar-refractivity contribution is -0.137. The van der Waals surface area contributed by atoms with Gasteiger partial charge < -0.3 is 10.2 Å². The van der Waals surface area contributed by atoms with E-state index in [2.05, 4.69) is 0 Å². The highest BCUT2D eigenvalue weighted by atomic mass is 16.4. The molecule has 5 heteroatoms. The van der Waals surface area contributed by atoms with Gasteiger partial charge in [0.2, 0.25) is 0 Å². The van der Waals surface area contributed by atoms with E-state index in [0.29, 0.717) is 16.7 Å². The van der Waals surface area contributed by atoms with Gasteiger partial charge >= 0.3 is 11.9 Å². The predicted molar refractivity (Wildman–Crippen MR) is 63.1 cm³/mol. The molecule has 0 saturated carbocycles. The van der Waals surface area contributed by atoms with Gasteiger partial charge in [-0.05, 0) is 23.1 Å². The largest absolute Gasteiger partial charge is 0.481 e. The van der Waals surface area contributed by atoms with Gasteiger partial charge in [-0.15, -0.1) is 0 Å². The highest BCUT2D eigenvalue weighted by Gasteiger charge is 2.12. The summed E-state index contributed by atoms with van der Waals surface area (Å²) in [5, 5.41) is 26.2. The minimum absolute atomic E-state index is 0.0743. The number of aliphatic carboxylic acids is 2. The molecule has 0 heterocycles. The maximum atomic E-state index is 10.7. The van der Waals surface area contributed by atoms with Crippen molar-refractivity contribution in [3.05, 3.63) is 34.9 Å². The van der Waals surface area contributed by atoms with E-state index in [1.54, 1.807) is 18.2 Å². The van der Waals surface area contributed by atoms with Gasteiger partial charge in [-0.3, -0.25) is 9.59 Å². The fourth-order valence-corrected chi connectivity index (χ4v) is 1.82. The molecule has 0 unspecified atom stereocenters. The summed E-state index contributed by atoms with van der Waals surface area (Å²) in [6.45, 7) is 0. The van der Waals surface area contributed by atoms with Crippen molar-refractivity contribution in [3.8, 4) is 6.07 Å². The van der Waals surface area contributed by atoms with Crippen molar-refractivity contribution in [1.29, 1.82) is 5.26 Å². The third-order valence-corrected chi connectivity index (χ3v) is 2.57. The predicted octanol–water partition coefficient (Wildman–Crippen LogP) is 1.40. The number of benzene rings is 1. The van der Waals surface area contributed by atoms with Crippen LogP contribution in [0.4, 0.5) is 0 Å². The standard InChI is InChI=1S/C13H13NO4/c14-7-6-9-2-1-3-10(8-13(17)18)11(9)4-5-12(15)16/h1-3H,4-6,8H2,(H,15,16)(H,17,18). The Bertz CT molecular complexity index is 502. The summed E-state index contributed by atoms with van der Waals surface area (Å²) in [7, 11) is 0. The number of rotatable bonds is 6. The average Bonchev–Trinajstić information content (AvgIpc) is 2.27. The molecular weight excluding hydrogens is 234 g/mol. The number of hydrogen-bond donors (Lipinski definition) is 2. The zero-order valence-electron chi connectivity index (χ0n) is 9.72. The van der Waals surface area contributed by atoms with E-state index in [0.717, 1.165) is 0 Å². The molecule has 0 aliphatic carbocycles. The lowest BCUT2D eigenvalue weighted by atomic mass is 9.93. The van der Waals surface area contributed by atoms with Crippen molar-refractivity contribution in [2.45, 2.75) is 25.7 Å². The van der Waals surface area contributed by atoms with Crippen molar-refractivity contribution in [3.63, 3.8) is 0 Å². The highest BCUT2D eigenvalue weighted by Crippen LogP contribution is 2.18. The van der Waals surface area contributed by atoms with Crippen LogP contribution in [-0.2, 0) is 28.9 Å². The second kappa shape index (κ2) is 6.40. The van der Waals surface area contributed by atoms with Crippen LogP contribution in [0.1, 0.15) is 23.1 Å². The first-order valence-corrected chi connectivity index (χ1v) is 5.44. The Morgan fingerprint density at radius 2 is 1.83 bits per heavy atom. The molecule has 1 aromatic rings. The summed E-state index contributed by atoms with van der Waals surface area (Å²) in [6.07, 6.45) is 0.168. The number of carbonyl (C=O) groups is 2. The van der Waals surface area contributed by atoms with Gasteiger partial charge in [-0.2, -0.15) is 5.26 Å². The Balaban J connectivity index is 3.08. The van der Waals surface area contributed by atoms with Crippen molar-refractivity contribution >= 4 is 11.9 Å². The van der Waals surface area contributed by atoms with E-state index in [-0.39, 0.29) is 25.7 Å². The molecule has 0 aliphatic rings. The summed E-state index contributed by atoms with van der Waals surface area (Å²) in [6, 6.07) is 7.07. The summed E-state index contributed by atoms with van der Waals surface area (Å²) < 4.78 is 0. The van der Waals surface area contributed by atoms with Gasteiger partial charge in [0.1, 0.15) is 0 Å². The molecule has 0 bridgehead atoms. The molecule has 18 heavy (non-hydrogen) atoms. The second-order valence-electron chi connectivity index (χ2n) is 3.85. The van der Waals surface area contributed by atoms with Crippen LogP contribution in [0.15, 0.2) is 18.2 Å². The van der Waals surface area contributed by atoms with E-state index in [4.69, 9.17) is 15.5 Å². The molecule has 5 nitrogen and oxygen atoms in total. The molecule has 0 amide bonds. The minimum atomic E-state index is -0.972. The molecule has 0 aliphatic heterocycles. The first-order valence-electron chi connectivity index (χ1n) is 5.44. The normalized spacial score (nSPS) is 9.72. The van der Waals surface area contributed by atoms with Crippen LogP contribution in [0.5, 0.6) is 0 Å². The van der Waals surface area contributed by atoms with Gasteiger partial charge in [0, 0.05) is 6.42 Å². The molecule has 0 aromatic heterocycles. The average molecular weight is 247 g/mol. The van der Waals surface area contributed by atoms with E-state index in [9.17, 15) is 9.59 Å². The molecule has 0 radical (unpaired) electrons. The number of nitrogens with zero attached hydrogens (tertiary/aromatic N) is 1. The Kier molecular flexibility index (Phi) is 4.88. The van der Waals surface area contributed by atoms with E-state index < -0.39 is 11.9 Å². The van der Waals surface area contributed by atoms with Crippen LogP contribution in [-0.4, -0.2) is 22.2 Å². The Morgan fingerprint density at radius 1 is 1.17 bits per heavy atom. The Labute approximate surface area is 104 Å². The highest BCUT2D eigenvalue weighted by molar-refractivity contribution is 5.71. The van der Waals surface area contributed by atoms with Gasteiger partial charge in [0.05, 0.1) is 18.9 Å². The minimum Gasteiger partial charge on any atom is -0.481 e. The summed E-state index contributed by atoms with van der Waals surface area (Å²) in [5.74, 6) is -1.91. The number of carboxylic acid groups (broad SMARTS) is 2. The SMILES string of the molecule is N#CCc1cccc(CC(=O)O)c1CCC(=O)O. The molecule has 0 atom stereocenters. The topological polar surface area (TPSA) is 98.4 Å². The first kappa shape index (κ1) is 13.7. The molecular formula is C13H13NO4. The zero-order valence-corrected chi connectivity index (χ0v) is 9.72. The molecule has 0 fully saturated rings. The fraction of sp³-hybridized carbons (Fsp3) is 0.308. The molecule has 0 spiro atoms. The van der Waals surface area contributed by atoms with Crippen LogP contribution in [0, 0.1) is 11.3 Å². The third-order valence-electron chi connectivity index (χ3n) is 2.57. The van der Waals surface area contributed by atoms with Crippen molar-refractivity contribution in [1.82, 2.24) is 0 Å². The van der Waals surface area contributed by atoms with E-state index >= 15 is 0 Å². The Morgan fingerprint density at radius 3 is 2.39 bits per heavy atom. The lowest BCUT2D eigenvalue weighted by Gasteiger charge is -2.11. The zero-order chi connectivity index (χ0) is 13.5. The van der Waals surface area contributed by atoms with Gasteiger partial charge in [-0.25, -0.2) is 0 Å². The van der Waals surface area contributed by atoms with Crippen LogP contribution in [0.3, 0.4) is 0 Å². The van der Waals surface area contributed by atoms with E-state index in [1.807, 2.05) is 6.07 Å². The van der Waals surface area contributed by atoms with Crippen molar-refractivity contribution < 1.29 is 19.8 Å². The van der Waals surface area contributed by atoms with Crippen LogP contribution in [0.2, 0.25) is 0 Å². The maximum Gasteiger partial charge on any atom is 0.307 e. The quantitative estimate of drug-likeness (QED) is 0.791.